The second-order valence-electron chi connectivity index (χ2n) is 3.58. The molecule has 80 valence electrons. The van der Waals surface area contributed by atoms with Gasteiger partial charge in [0.15, 0.2) is 0 Å². The molecule has 1 heterocycles. The van der Waals surface area contributed by atoms with Gasteiger partial charge in [0.25, 0.3) is 0 Å². The lowest BCUT2D eigenvalue weighted by Gasteiger charge is -2.17. The zero-order valence-electron chi connectivity index (χ0n) is 8.88. The fourth-order valence-corrected chi connectivity index (χ4v) is 2.74. The molecule has 1 aromatic rings. The van der Waals surface area contributed by atoms with Crippen LogP contribution in [0.4, 0.5) is 0 Å². The molecule has 4 heteroatoms. The molecule has 2 nitrogen and oxygen atoms in total. The summed E-state index contributed by atoms with van der Waals surface area (Å²) in [6, 6.07) is 0.922. The molecule has 0 aliphatic carbocycles. The number of rotatable bonds is 5. The molecule has 1 N–H and O–H groups in total. The molecular weight excluding hydrogens is 260 g/mol. The predicted octanol–water partition coefficient (Wildman–Crippen LogP) is 3.74. The van der Waals surface area contributed by atoms with Crippen molar-refractivity contribution in [1.29, 1.82) is 0 Å². The van der Waals surface area contributed by atoms with Crippen LogP contribution in [0.15, 0.2) is 9.98 Å². The molecule has 0 amide bonds. The Labute approximate surface area is 98.3 Å². The first-order valence-corrected chi connectivity index (χ1v) is 6.61. The molecular formula is C10H17BrN2S. The standard InChI is InChI=1S/C10H17BrN2S/c1-4-5-7(2)13-8(3)10-12-6-9(11)14-10/h6-8,13H,4-5H2,1-3H3. The largest absolute Gasteiger partial charge is 0.306 e. The maximum atomic E-state index is 4.34. The van der Waals surface area contributed by atoms with Crippen LogP contribution >= 0.6 is 27.3 Å². The molecule has 0 bridgehead atoms. The quantitative estimate of drug-likeness (QED) is 0.886. The van der Waals surface area contributed by atoms with Crippen LogP contribution in [0.1, 0.15) is 44.7 Å². The minimum Gasteiger partial charge on any atom is -0.306 e. The Morgan fingerprint density at radius 2 is 2.29 bits per heavy atom. The summed E-state index contributed by atoms with van der Waals surface area (Å²) in [6.07, 6.45) is 4.31. The van der Waals surface area contributed by atoms with Gasteiger partial charge in [0.1, 0.15) is 5.01 Å². The smallest absolute Gasteiger partial charge is 0.110 e. The van der Waals surface area contributed by atoms with Crippen molar-refractivity contribution in [2.75, 3.05) is 0 Å². The predicted molar refractivity (Wildman–Crippen MR) is 65.7 cm³/mol. The van der Waals surface area contributed by atoms with Crippen LogP contribution in [0.3, 0.4) is 0 Å². The molecule has 0 aromatic carbocycles. The minimum absolute atomic E-state index is 0.354. The Bertz CT molecular complexity index is 275. The third kappa shape index (κ3) is 3.67. The summed E-state index contributed by atoms with van der Waals surface area (Å²) < 4.78 is 1.10. The zero-order chi connectivity index (χ0) is 10.6. The van der Waals surface area contributed by atoms with Gasteiger partial charge in [-0.1, -0.05) is 13.3 Å². The van der Waals surface area contributed by atoms with E-state index in [0.717, 1.165) is 8.79 Å². The molecule has 0 spiro atoms. The van der Waals surface area contributed by atoms with E-state index < -0.39 is 0 Å². The summed E-state index contributed by atoms with van der Waals surface area (Å²) in [7, 11) is 0. The minimum atomic E-state index is 0.354. The average Bonchev–Trinajstić information content (AvgIpc) is 2.52. The maximum absolute atomic E-state index is 4.34. The van der Waals surface area contributed by atoms with Crippen LogP contribution in [-0.4, -0.2) is 11.0 Å². The lowest BCUT2D eigenvalue weighted by atomic mass is 10.2. The molecule has 1 rings (SSSR count). The van der Waals surface area contributed by atoms with Crippen molar-refractivity contribution in [3.63, 3.8) is 0 Å². The van der Waals surface area contributed by atoms with E-state index in [2.05, 4.69) is 47.0 Å². The summed E-state index contributed by atoms with van der Waals surface area (Å²) >= 11 is 5.12. The summed E-state index contributed by atoms with van der Waals surface area (Å²) in [4.78, 5) is 4.34. The normalized spacial score (nSPS) is 15.4. The van der Waals surface area contributed by atoms with Gasteiger partial charge in [-0.05, 0) is 36.2 Å². The number of aromatic nitrogens is 1. The molecule has 14 heavy (non-hydrogen) atoms. The van der Waals surface area contributed by atoms with Crippen LogP contribution in [0.25, 0.3) is 0 Å². The molecule has 0 aliphatic heterocycles. The second-order valence-corrected chi connectivity index (χ2v) is 6.02. The second kappa shape index (κ2) is 5.83. The van der Waals surface area contributed by atoms with E-state index in [4.69, 9.17) is 0 Å². The van der Waals surface area contributed by atoms with Crippen molar-refractivity contribution < 1.29 is 0 Å². The van der Waals surface area contributed by atoms with E-state index in [1.54, 1.807) is 11.3 Å². The topological polar surface area (TPSA) is 24.9 Å². The van der Waals surface area contributed by atoms with Crippen LogP contribution in [0.5, 0.6) is 0 Å². The molecule has 2 atom stereocenters. The van der Waals surface area contributed by atoms with Gasteiger partial charge in [-0.15, -0.1) is 11.3 Å². The molecule has 0 saturated heterocycles. The zero-order valence-corrected chi connectivity index (χ0v) is 11.3. The Morgan fingerprint density at radius 1 is 1.57 bits per heavy atom. The van der Waals surface area contributed by atoms with Crippen LogP contribution < -0.4 is 5.32 Å². The number of hydrogen-bond donors (Lipinski definition) is 1. The fraction of sp³-hybridized carbons (Fsp3) is 0.700. The van der Waals surface area contributed by atoms with Gasteiger partial charge in [-0.3, -0.25) is 0 Å². The Balaban J connectivity index is 2.45. The van der Waals surface area contributed by atoms with Crippen LogP contribution in [0.2, 0.25) is 0 Å². The van der Waals surface area contributed by atoms with E-state index in [0.29, 0.717) is 12.1 Å². The number of hydrogen-bond acceptors (Lipinski definition) is 3. The van der Waals surface area contributed by atoms with E-state index in [9.17, 15) is 0 Å². The van der Waals surface area contributed by atoms with Gasteiger partial charge in [0, 0.05) is 6.04 Å². The average molecular weight is 277 g/mol. The van der Waals surface area contributed by atoms with Crippen molar-refractivity contribution >= 4 is 27.3 Å². The van der Waals surface area contributed by atoms with Gasteiger partial charge < -0.3 is 5.32 Å². The first kappa shape index (κ1) is 12.1. The molecule has 0 fully saturated rings. The van der Waals surface area contributed by atoms with E-state index >= 15 is 0 Å². The fourth-order valence-electron chi connectivity index (χ4n) is 1.48. The molecule has 2 unspecified atom stereocenters. The van der Waals surface area contributed by atoms with E-state index in [1.807, 2.05) is 6.20 Å². The number of nitrogens with one attached hydrogen (secondary N) is 1. The number of halogens is 1. The maximum Gasteiger partial charge on any atom is 0.110 e. The van der Waals surface area contributed by atoms with Gasteiger partial charge in [-0.2, -0.15) is 0 Å². The highest BCUT2D eigenvalue weighted by molar-refractivity contribution is 9.11. The molecule has 0 radical (unpaired) electrons. The third-order valence-corrected chi connectivity index (χ3v) is 3.78. The Hall–Kier alpha value is 0.0700. The highest BCUT2D eigenvalue weighted by Crippen LogP contribution is 2.24. The van der Waals surface area contributed by atoms with Crippen molar-refractivity contribution in [3.8, 4) is 0 Å². The van der Waals surface area contributed by atoms with Gasteiger partial charge in [-0.25, -0.2) is 4.98 Å². The van der Waals surface area contributed by atoms with Crippen molar-refractivity contribution in [3.05, 3.63) is 15.0 Å². The molecule has 1 aromatic heterocycles. The van der Waals surface area contributed by atoms with Crippen molar-refractivity contribution in [2.45, 2.75) is 45.7 Å². The third-order valence-electron chi connectivity index (χ3n) is 2.12. The summed E-state index contributed by atoms with van der Waals surface area (Å²) in [5.74, 6) is 0. The van der Waals surface area contributed by atoms with Gasteiger partial charge in [0.2, 0.25) is 0 Å². The number of thiazole rings is 1. The van der Waals surface area contributed by atoms with E-state index in [-0.39, 0.29) is 0 Å². The monoisotopic (exact) mass is 276 g/mol. The lowest BCUT2D eigenvalue weighted by molar-refractivity contribution is 0.452. The number of nitrogens with zero attached hydrogens (tertiary/aromatic N) is 1. The van der Waals surface area contributed by atoms with Crippen LogP contribution in [-0.2, 0) is 0 Å². The highest BCUT2D eigenvalue weighted by atomic mass is 79.9. The van der Waals surface area contributed by atoms with Gasteiger partial charge >= 0.3 is 0 Å². The van der Waals surface area contributed by atoms with E-state index in [1.165, 1.54) is 12.8 Å². The van der Waals surface area contributed by atoms with Gasteiger partial charge in [0.05, 0.1) is 16.0 Å². The molecule has 0 aliphatic rings. The Kier molecular flexibility index (Phi) is 5.06. The first-order valence-electron chi connectivity index (χ1n) is 5.00. The SMILES string of the molecule is CCCC(C)NC(C)c1ncc(Br)s1. The summed E-state index contributed by atoms with van der Waals surface area (Å²) in [5.41, 5.74) is 0. The Morgan fingerprint density at radius 3 is 2.79 bits per heavy atom. The van der Waals surface area contributed by atoms with Crippen molar-refractivity contribution in [2.24, 2.45) is 0 Å². The summed E-state index contributed by atoms with van der Waals surface area (Å²) in [6.45, 7) is 6.60. The lowest BCUT2D eigenvalue weighted by Crippen LogP contribution is -2.28. The summed E-state index contributed by atoms with van der Waals surface area (Å²) in [5, 5.41) is 4.69. The van der Waals surface area contributed by atoms with Crippen LogP contribution in [0, 0.1) is 0 Å². The van der Waals surface area contributed by atoms with Crippen molar-refractivity contribution in [1.82, 2.24) is 10.3 Å². The highest BCUT2D eigenvalue weighted by Gasteiger charge is 2.11. The first-order chi connectivity index (χ1) is 6.63. The molecule has 0 saturated carbocycles.